The van der Waals surface area contributed by atoms with Crippen molar-refractivity contribution in [2.45, 2.75) is 26.6 Å². The molecule has 2 rings (SSSR count). The van der Waals surface area contributed by atoms with Gasteiger partial charge in [0.05, 0.1) is 7.11 Å². The molecule has 1 aromatic heterocycles. The summed E-state index contributed by atoms with van der Waals surface area (Å²) in [5, 5.41) is 3.31. The van der Waals surface area contributed by atoms with Crippen molar-refractivity contribution in [3.05, 3.63) is 45.6 Å². The van der Waals surface area contributed by atoms with Crippen LogP contribution < -0.4 is 14.8 Å². The van der Waals surface area contributed by atoms with Crippen LogP contribution in [0.25, 0.3) is 0 Å². The van der Waals surface area contributed by atoms with E-state index in [9.17, 15) is 8.78 Å². The second-order valence-electron chi connectivity index (χ2n) is 4.48. The molecule has 1 heterocycles. The predicted octanol–water partition coefficient (Wildman–Crippen LogP) is 3.96. The van der Waals surface area contributed by atoms with Crippen molar-refractivity contribution in [1.82, 2.24) is 5.32 Å². The number of alkyl halides is 2. The normalized spacial score (nSPS) is 10.9. The van der Waals surface area contributed by atoms with E-state index >= 15 is 0 Å². The van der Waals surface area contributed by atoms with Crippen molar-refractivity contribution in [2.24, 2.45) is 0 Å². The van der Waals surface area contributed by atoms with E-state index in [4.69, 9.17) is 4.74 Å². The zero-order valence-electron chi connectivity index (χ0n) is 11.9. The first-order valence-electron chi connectivity index (χ1n) is 6.46. The Kier molecular flexibility index (Phi) is 5.52. The number of benzene rings is 1. The van der Waals surface area contributed by atoms with Gasteiger partial charge in [0.2, 0.25) is 0 Å². The lowest BCUT2D eigenvalue weighted by molar-refractivity contribution is -0.0512. The molecule has 0 aliphatic carbocycles. The summed E-state index contributed by atoms with van der Waals surface area (Å²) in [6.45, 7) is 0.615. The fraction of sp³-hybridized carbons (Fsp3) is 0.333. The predicted molar refractivity (Wildman–Crippen MR) is 79.2 cm³/mol. The number of halogens is 2. The summed E-state index contributed by atoms with van der Waals surface area (Å²) < 4.78 is 33.9. The van der Waals surface area contributed by atoms with Gasteiger partial charge in [-0.1, -0.05) is 6.07 Å². The lowest BCUT2D eigenvalue weighted by Gasteiger charge is -2.11. The number of nitrogens with one attached hydrogen (secondary N) is 1. The molecule has 0 radical (unpaired) electrons. The first kappa shape index (κ1) is 15.7. The van der Waals surface area contributed by atoms with Crippen LogP contribution in [0.3, 0.4) is 0 Å². The molecule has 3 nitrogen and oxygen atoms in total. The number of hydrogen-bond acceptors (Lipinski definition) is 4. The second kappa shape index (κ2) is 7.38. The molecule has 21 heavy (non-hydrogen) atoms. The molecule has 2 aromatic rings. The van der Waals surface area contributed by atoms with Gasteiger partial charge in [0, 0.05) is 22.8 Å². The Morgan fingerprint density at radius 2 is 1.95 bits per heavy atom. The van der Waals surface area contributed by atoms with Crippen LogP contribution in [0.5, 0.6) is 11.5 Å². The Morgan fingerprint density at radius 1 is 1.14 bits per heavy atom. The third kappa shape index (κ3) is 4.68. The highest BCUT2D eigenvalue weighted by molar-refractivity contribution is 7.11. The number of thiophene rings is 1. The minimum atomic E-state index is -2.86. The van der Waals surface area contributed by atoms with E-state index in [0.717, 1.165) is 12.1 Å². The van der Waals surface area contributed by atoms with Gasteiger partial charge in [-0.3, -0.25) is 0 Å². The van der Waals surface area contributed by atoms with Gasteiger partial charge >= 0.3 is 6.61 Å². The summed E-state index contributed by atoms with van der Waals surface area (Å²) >= 11 is 1.75. The van der Waals surface area contributed by atoms with Crippen LogP contribution in [0.15, 0.2) is 30.3 Å². The van der Waals surface area contributed by atoms with Gasteiger partial charge < -0.3 is 14.8 Å². The summed E-state index contributed by atoms with van der Waals surface area (Å²) in [7, 11) is 1.43. The standard InChI is InChI=1S/C15H17F2NO2S/c1-10-3-5-12(21-10)9-18-8-11-4-6-13(20-15(16)17)14(7-11)19-2/h3-7,15,18H,8-9H2,1-2H3. The first-order chi connectivity index (χ1) is 10.1. The van der Waals surface area contributed by atoms with Crippen molar-refractivity contribution in [2.75, 3.05) is 7.11 Å². The van der Waals surface area contributed by atoms with Gasteiger partial charge in [0.25, 0.3) is 0 Å². The lowest BCUT2D eigenvalue weighted by Crippen LogP contribution is -2.12. The number of ether oxygens (including phenoxy) is 2. The van der Waals surface area contributed by atoms with Gasteiger partial charge in [-0.15, -0.1) is 11.3 Å². The smallest absolute Gasteiger partial charge is 0.387 e. The number of rotatable bonds is 7. The fourth-order valence-electron chi connectivity index (χ4n) is 1.93. The maximum atomic E-state index is 12.2. The van der Waals surface area contributed by atoms with Crippen LogP contribution in [0, 0.1) is 6.92 Å². The average Bonchev–Trinajstić information content (AvgIpc) is 2.85. The largest absolute Gasteiger partial charge is 0.493 e. The van der Waals surface area contributed by atoms with E-state index < -0.39 is 6.61 Å². The van der Waals surface area contributed by atoms with Crippen molar-refractivity contribution in [1.29, 1.82) is 0 Å². The number of methoxy groups -OCH3 is 1. The second-order valence-corrected chi connectivity index (χ2v) is 5.85. The Labute approximate surface area is 126 Å². The molecule has 0 aliphatic heterocycles. The molecule has 1 N–H and O–H groups in total. The van der Waals surface area contributed by atoms with Crippen LogP contribution in [-0.4, -0.2) is 13.7 Å². The van der Waals surface area contributed by atoms with Gasteiger partial charge in [0.15, 0.2) is 11.5 Å². The SMILES string of the molecule is COc1cc(CNCc2ccc(C)s2)ccc1OC(F)F. The summed E-state index contributed by atoms with van der Waals surface area (Å²) in [5.74, 6) is 0.353. The summed E-state index contributed by atoms with van der Waals surface area (Å²) in [6, 6.07) is 9.11. The highest BCUT2D eigenvalue weighted by atomic mass is 32.1. The van der Waals surface area contributed by atoms with Crippen molar-refractivity contribution < 1.29 is 18.3 Å². The topological polar surface area (TPSA) is 30.5 Å². The first-order valence-corrected chi connectivity index (χ1v) is 7.28. The van der Waals surface area contributed by atoms with Crippen LogP contribution in [0.2, 0.25) is 0 Å². The molecule has 0 saturated carbocycles. The van der Waals surface area contributed by atoms with E-state index in [-0.39, 0.29) is 5.75 Å². The van der Waals surface area contributed by atoms with Crippen LogP contribution in [-0.2, 0) is 13.1 Å². The van der Waals surface area contributed by atoms with Crippen LogP contribution in [0.1, 0.15) is 15.3 Å². The summed E-state index contributed by atoms with van der Waals surface area (Å²) in [5.41, 5.74) is 0.946. The van der Waals surface area contributed by atoms with Gasteiger partial charge in [-0.2, -0.15) is 8.78 Å². The number of aryl methyl sites for hydroxylation is 1. The monoisotopic (exact) mass is 313 g/mol. The highest BCUT2D eigenvalue weighted by Crippen LogP contribution is 2.29. The van der Waals surface area contributed by atoms with E-state index in [1.165, 1.54) is 22.9 Å². The third-order valence-electron chi connectivity index (χ3n) is 2.87. The summed E-state index contributed by atoms with van der Waals surface area (Å²) in [6.07, 6.45) is 0. The maximum absolute atomic E-state index is 12.2. The molecule has 0 aliphatic rings. The fourth-order valence-corrected chi connectivity index (χ4v) is 2.79. The van der Waals surface area contributed by atoms with E-state index in [2.05, 4.69) is 29.1 Å². The molecule has 6 heteroatoms. The van der Waals surface area contributed by atoms with Gasteiger partial charge in [-0.05, 0) is 36.8 Å². The van der Waals surface area contributed by atoms with E-state index in [0.29, 0.717) is 12.3 Å². The van der Waals surface area contributed by atoms with Gasteiger partial charge in [-0.25, -0.2) is 0 Å². The van der Waals surface area contributed by atoms with Crippen LogP contribution in [0.4, 0.5) is 8.78 Å². The van der Waals surface area contributed by atoms with Gasteiger partial charge in [0.1, 0.15) is 0 Å². The Balaban J connectivity index is 1.94. The van der Waals surface area contributed by atoms with Crippen molar-refractivity contribution in [3.63, 3.8) is 0 Å². The van der Waals surface area contributed by atoms with Crippen molar-refractivity contribution >= 4 is 11.3 Å². The Bertz CT molecular complexity index is 587. The molecule has 0 bridgehead atoms. The minimum absolute atomic E-state index is 0.0464. The molecule has 0 saturated heterocycles. The van der Waals surface area contributed by atoms with E-state index in [1.807, 2.05) is 0 Å². The molecule has 0 amide bonds. The van der Waals surface area contributed by atoms with E-state index in [1.54, 1.807) is 23.5 Å². The number of hydrogen-bond donors (Lipinski definition) is 1. The molecule has 0 unspecified atom stereocenters. The van der Waals surface area contributed by atoms with Crippen LogP contribution >= 0.6 is 11.3 Å². The third-order valence-corrected chi connectivity index (χ3v) is 3.87. The highest BCUT2D eigenvalue weighted by Gasteiger charge is 2.10. The molecule has 114 valence electrons. The molecular weight excluding hydrogens is 296 g/mol. The molecule has 1 aromatic carbocycles. The molecule has 0 spiro atoms. The Hall–Kier alpha value is -1.66. The maximum Gasteiger partial charge on any atom is 0.387 e. The molecule has 0 fully saturated rings. The summed E-state index contributed by atoms with van der Waals surface area (Å²) in [4.78, 5) is 2.54. The average molecular weight is 313 g/mol. The quantitative estimate of drug-likeness (QED) is 0.839. The minimum Gasteiger partial charge on any atom is -0.493 e. The molecule has 0 atom stereocenters. The zero-order valence-corrected chi connectivity index (χ0v) is 12.7. The zero-order chi connectivity index (χ0) is 15.2. The van der Waals surface area contributed by atoms with Crippen molar-refractivity contribution in [3.8, 4) is 11.5 Å². The lowest BCUT2D eigenvalue weighted by atomic mass is 10.2. The molecular formula is C15H17F2NO2S. The Morgan fingerprint density at radius 3 is 2.57 bits per heavy atom.